The predicted octanol–water partition coefficient (Wildman–Crippen LogP) is 4.06. The fourth-order valence-corrected chi connectivity index (χ4v) is 5.30. The summed E-state index contributed by atoms with van der Waals surface area (Å²) in [6.45, 7) is 3.20. The van der Waals surface area contributed by atoms with Gasteiger partial charge in [0.1, 0.15) is 5.75 Å². The van der Waals surface area contributed by atoms with Gasteiger partial charge in [-0.3, -0.25) is 9.10 Å². The number of carbonyl (C=O) groups excluding carboxylic acids is 1. The van der Waals surface area contributed by atoms with E-state index in [0.717, 1.165) is 30.6 Å². The predicted molar refractivity (Wildman–Crippen MR) is 135 cm³/mol. The van der Waals surface area contributed by atoms with Crippen LogP contribution in [0.2, 0.25) is 0 Å². The summed E-state index contributed by atoms with van der Waals surface area (Å²) in [6.07, 6.45) is 2.04. The van der Waals surface area contributed by atoms with Crippen molar-refractivity contribution in [2.75, 3.05) is 24.1 Å². The van der Waals surface area contributed by atoms with E-state index < -0.39 is 10.0 Å². The topological polar surface area (TPSA) is 84.9 Å². The smallest absolute Gasteiger partial charge is 0.264 e. The minimum Gasteiger partial charge on any atom is -0.484 e. The number of nitrogens with one attached hydrogen (secondary N) is 1. The molecule has 1 N–H and O–H groups in total. The van der Waals surface area contributed by atoms with Crippen LogP contribution in [0.1, 0.15) is 24.0 Å². The first-order valence-electron chi connectivity index (χ1n) is 11.7. The van der Waals surface area contributed by atoms with Gasteiger partial charge in [-0.1, -0.05) is 48.0 Å². The molecule has 1 fully saturated rings. The lowest BCUT2D eigenvalue weighted by molar-refractivity contribution is -0.123. The number of carbonyl (C=O) groups is 1. The van der Waals surface area contributed by atoms with Gasteiger partial charge in [0, 0.05) is 13.2 Å². The molecule has 1 amide bonds. The van der Waals surface area contributed by atoms with E-state index in [2.05, 4.69) is 5.32 Å². The third-order valence-corrected chi connectivity index (χ3v) is 7.61. The molecular weight excluding hydrogens is 464 g/mol. The maximum Gasteiger partial charge on any atom is 0.264 e. The molecule has 0 aromatic heterocycles. The Morgan fingerprint density at radius 3 is 2.40 bits per heavy atom. The highest BCUT2D eigenvalue weighted by atomic mass is 32.2. The standard InChI is InChI=1S/C27H30N2O5S/c1-21-9-15-26(16-10-21)35(31,32)29(19-22-6-3-2-4-7-22)23-11-13-24(14-12-23)34-20-27(30)28-18-25-8-5-17-33-25/h2-4,6-7,9-16,25H,5,8,17-20H2,1H3,(H,28,30). The van der Waals surface area contributed by atoms with Crippen LogP contribution < -0.4 is 14.4 Å². The van der Waals surface area contributed by atoms with Crippen molar-refractivity contribution in [2.45, 2.75) is 37.3 Å². The zero-order valence-electron chi connectivity index (χ0n) is 19.7. The van der Waals surface area contributed by atoms with Crippen molar-refractivity contribution in [3.05, 3.63) is 90.0 Å². The van der Waals surface area contributed by atoms with Crippen molar-refractivity contribution < 1.29 is 22.7 Å². The van der Waals surface area contributed by atoms with Crippen molar-refractivity contribution in [2.24, 2.45) is 0 Å². The first kappa shape index (κ1) is 24.8. The lowest BCUT2D eigenvalue weighted by Crippen LogP contribution is -2.35. The van der Waals surface area contributed by atoms with E-state index in [1.165, 1.54) is 4.31 Å². The van der Waals surface area contributed by atoms with Gasteiger partial charge in [-0.05, 0) is 61.7 Å². The normalized spacial score (nSPS) is 15.5. The molecule has 0 spiro atoms. The summed E-state index contributed by atoms with van der Waals surface area (Å²) in [6, 6.07) is 23.0. The number of amides is 1. The average Bonchev–Trinajstić information content (AvgIpc) is 3.40. The number of hydrogen-bond acceptors (Lipinski definition) is 5. The molecule has 1 saturated heterocycles. The quantitative estimate of drug-likeness (QED) is 0.459. The van der Waals surface area contributed by atoms with Gasteiger partial charge in [-0.2, -0.15) is 0 Å². The molecule has 1 aliphatic heterocycles. The van der Waals surface area contributed by atoms with Crippen molar-refractivity contribution in [3.63, 3.8) is 0 Å². The van der Waals surface area contributed by atoms with Crippen LogP contribution in [0.15, 0.2) is 83.8 Å². The number of sulfonamides is 1. The molecule has 3 aromatic carbocycles. The lowest BCUT2D eigenvalue weighted by Gasteiger charge is -2.25. The molecule has 0 bridgehead atoms. The van der Waals surface area contributed by atoms with Gasteiger partial charge in [-0.25, -0.2) is 8.42 Å². The summed E-state index contributed by atoms with van der Waals surface area (Å²) >= 11 is 0. The fourth-order valence-electron chi connectivity index (χ4n) is 3.84. The highest BCUT2D eigenvalue weighted by Crippen LogP contribution is 2.28. The molecule has 8 heteroatoms. The number of anilines is 1. The highest BCUT2D eigenvalue weighted by Gasteiger charge is 2.25. The maximum atomic E-state index is 13.6. The minimum absolute atomic E-state index is 0.0734. The molecule has 1 unspecified atom stereocenters. The van der Waals surface area contributed by atoms with E-state index in [0.29, 0.717) is 18.0 Å². The lowest BCUT2D eigenvalue weighted by atomic mass is 10.2. The number of nitrogens with zero attached hydrogens (tertiary/aromatic N) is 1. The summed E-state index contributed by atoms with van der Waals surface area (Å²) in [5.41, 5.74) is 2.36. The summed E-state index contributed by atoms with van der Waals surface area (Å²) in [4.78, 5) is 12.3. The Morgan fingerprint density at radius 2 is 1.74 bits per heavy atom. The molecule has 0 radical (unpaired) electrons. The Hall–Kier alpha value is -3.36. The molecule has 4 rings (SSSR count). The van der Waals surface area contributed by atoms with E-state index in [-0.39, 0.29) is 30.1 Å². The van der Waals surface area contributed by atoms with Crippen molar-refractivity contribution in [3.8, 4) is 5.75 Å². The van der Waals surface area contributed by atoms with E-state index >= 15 is 0 Å². The molecule has 3 aromatic rings. The molecule has 0 aliphatic carbocycles. The number of rotatable bonds is 10. The maximum absolute atomic E-state index is 13.6. The van der Waals surface area contributed by atoms with Gasteiger partial charge >= 0.3 is 0 Å². The van der Waals surface area contributed by atoms with Crippen LogP contribution in [0.3, 0.4) is 0 Å². The van der Waals surface area contributed by atoms with E-state index in [1.807, 2.05) is 37.3 Å². The monoisotopic (exact) mass is 494 g/mol. The first-order valence-corrected chi connectivity index (χ1v) is 13.1. The summed E-state index contributed by atoms with van der Waals surface area (Å²) in [5.74, 6) is 0.255. The van der Waals surface area contributed by atoms with Crippen LogP contribution in [0.5, 0.6) is 5.75 Å². The van der Waals surface area contributed by atoms with Gasteiger partial charge < -0.3 is 14.8 Å². The zero-order chi connectivity index (χ0) is 24.7. The Kier molecular flexibility index (Phi) is 8.05. The average molecular weight is 495 g/mol. The molecule has 1 heterocycles. The Morgan fingerprint density at radius 1 is 1.03 bits per heavy atom. The number of hydrogen-bond donors (Lipinski definition) is 1. The van der Waals surface area contributed by atoms with Gasteiger partial charge in [0.05, 0.1) is 23.2 Å². The van der Waals surface area contributed by atoms with E-state index in [1.54, 1.807) is 48.5 Å². The van der Waals surface area contributed by atoms with Crippen LogP contribution in [0, 0.1) is 6.92 Å². The molecule has 7 nitrogen and oxygen atoms in total. The summed E-state index contributed by atoms with van der Waals surface area (Å²) < 4.78 is 39.6. The first-order chi connectivity index (χ1) is 16.9. The van der Waals surface area contributed by atoms with Crippen molar-refractivity contribution >= 4 is 21.6 Å². The zero-order valence-corrected chi connectivity index (χ0v) is 20.5. The summed E-state index contributed by atoms with van der Waals surface area (Å²) in [5, 5.41) is 2.82. The van der Waals surface area contributed by atoms with Crippen LogP contribution in [-0.4, -0.2) is 40.2 Å². The highest BCUT2D eigenvalue weighted by molar-refractivity contribution is 7.92. The molecular formula is C27H30N2O5S. The molecule has 1 aliphatic rings. The largest absolute Gasteiger partial charge is 0.484 e. The number of ether oxygens (including phenoxy) is 2. The van der Waals surface area contributed by atoms with Crippen molar-refractivity contribution in [1.82, 2.24) is 5.32 Å². The molecule has 184 valence electrons. The third kappa shape index (κ3) is 6.61. The molecule has 35 heavy (non-hydrogen) atoms. The Bertz CT molecular complexity index is 1210. The number of aryl methyl sites for hydroxylation is 1. The fraction of sp³-hybridized carbons (Fsp3) is 0.296. The van der Waals surface area contributed by atoms with Gasteiger partial charge in [0.25, 0.3) is 15.9 Å². The molecule has 1 atom stereocenters. The van der Waals surface area contributed by atoms with Gasteiger partial charge in [-0.15, -0.1) is 0 Å². The third-order valence-electron chi connectivity index (χ3n) is 5.82. The second-order valence-corrected chi connectivity index (χ2v) is 10.4. The second-order valence-electron chi connectivity index (χ2n) is 8.53. The second kappa shape index (κ2) is 11.4. The minimum atomic E-state index is -3.81. The van der Waals surface area contributed by atoms with Crippen LogP contribution in [0.25, 0.3) is 0 Å². The Balaban J connectivity index is 1.47. The van der Waals surface area contributed by atoms with Crippen LogP contribution >= 0.6 is 0 Å². The Labute approximate surface area is 206 Å². The SMILES string of the molecule is Cc1ccc(S(=O)(=O)N(Cc2ccccc2)c2ccc(OCC(=O)NCC3CCCO3)cc2)cc1. The number of benzene rings is 3. The van der Waals surface area contributed by atoms with Gasteiger partial charge in [0.15, 0.2) is 6.61 Å². The van der Waals surface area contributed by atoms with Crippen LogP contribution in [0.4, 0.5) is 5.69 Å². The van der Waals surface area contributed by atoms with Crippen molar-refractivity contribution in [1.29, 1.82) is 0 Å². The summed E-state index contributed by atoms with van der Waals surface area (Å²) in [7, 11) is -3.81. The van der Waals surface area contributed by atoms with Crippen LogP contribution in [-0.2, 0) is 26.1 Å². The van der Waals surface area contributed by atoms with Gasteiger partial charge in [0.2, 0.25) is 0 Å². The molecule has 0 saturated carbocycles. The van der Waals surface area contributed by atoms with E-state index in [4.69, 9.17) is 9.47 Å². The van der Waals surface area contributed by atoms with E-state index in [9.17, 15) is 13.2 Å².